The van der Waals surface area contributed by atoms with Crippen molar-refractivity contribution in [2.45, 2.75) is 20.3 Å². The highest BCUT2D eigenvalue weighted by Crippen LogP contribution is 2.20. The number of carbonyl (C=O) groups excluding carboxylic acids is 1. The fourth-order valence-corrected chi connectivity index (χ4v) is 2.28. The van der Waals surface area contributed by atoms with Gasteiger partial charge in [0.15, 0.2) is 0 Å². The molecule has 0 saturated carbocycles. The van der Waals surface area contributed by atoms with E-state index in [1.54, 1.807) is 11.3 Å². The quantitative estimate of drug-likeness (QED) is 0.801. The number of Topliss-reactive ketones (excluding diaryl/α,β-unsaturated/α-hetero) is 1. The van der Waals surface area contributed by atoms with Crippen molar-refractivity contribution in [3.05, 3.63) is 20.8 Å². The lowest BCUT2D eigenvalue weighted by Gasteiger charge is -2.00. The average molecular weight is 247 g/mol. The predicted octanol–water partition coefficient (Wildman–Crippen LogP) is 3.28. The monoisotopic (exact) mass is 246 g/mol. The minimum atomic E-state index is 0.144. The van der Waals surface area contributed by atoms with Crippen molar-refractivity contribution in [3.8, 4) is 0 Å². The number of halogens is 1. The van der Waals surface area contributed by atoms with Crippen LogP contribution < -0.4 is 0 Å². The van der Waals surface area contributed by atoms with Gasteiger partial charge in [-0.1, -0.05) is 13.8 Å². The number of thiophene rings is 1. The first-order valence-corrected chi connectivity index (χ1v) is 5.52. The maximum absolute atomic E-state index is 11.3. The second-order valence-corrected chi connectivity index (χ2v) is 4.94. The molecular formula is C9H11BrOS. The molecule has 12 heavy (non-hydrogen) atoms. The molecule has 0 spiro atoms. The zero-order valence-corrected chi connectivity index (χ0v) is 9.54. The van der Waals surface area contributed by atoms with Gasteiger partial charge in [-0.05, 0) is 22.0 Å². The molecule has 0 saturated heterocycles. The SMILES string of the molecule is CC(C)C(=O)Cc1cc(Br)cs1. The van der Waals surface area contributed by atoms with Crippen LogP contribution in [0.2, 0.25) is 0 Å². The van der Waals surface area contributed by atoms with Crippen LogP contribution >= 0.6 is 27.3 Å². The number of carbonyl (C=O) groups is 1. The lowest BCUT2D eigenvalue weighted by molar-refractivity contribution is -0.121. The molecule has 0 aliphatic rings. The van der Waals surface area contributed by atoms with Gasteiger partial charge in [0.05, 0.1) is 0 Å². The summed E-state index contributed by atoms with van der Waals surface area (Å²) in [5, 5.41) is 2.00. The predicted molar refractivity (Wildman–Crippen MR) is 55.6 cm³/mol. The summed E-state index contributed by atoms with van der Waals surface area (Å²) in [5.41, 5.74) is 0. The molecule has 1 aromatic heterocycles. The van der Waals surface area contributed by atoms with Gasteiger partial charge >= 0.3 is 0 Å². The molecule has 0 bridgehead atoms. The highest BCUT2D eigenvalue weighted by atomic mass is 79.9. The zero-order chi connectivity index (χ0) is 9.14. The van der Waals surface area contributed by atoms with Crippen molar-refractivity contribution in [2.75, 3.05) is 0 Å². The zero-order valence-electron chi connectivity index (χ0n) is 7.13. The van der Waals surface area contributed by atoms with E-state index in [-0.39, 0.29) is 5.92 Å². The van der Waals surface area contributed by atoms with Gasteiger partial charge in [-0.25, -0.2) is 0 Å². The molecule has 0 radical (unpaired) electrons. The molecule has 1 aromatic rings. The Morgan fingerprint density at radius 3 is 2.75 bits per heavy atom. The number of rotatable bonds is 3. The van der Waals surface area contributed by atoms with Crippen molar-refractivity contribution in [1.29, 1.82) is 0 Å². The molecule has 0 amide bonds. The van der Waals surface area contributed by atoms with Gasteiger partial charge in [-0.15, -0.1) is 11.3 Å². The Morgan fingerprint density at radius 2 is 2.33 bits per heavy atom. The molecule has 66 valence electrons. The van der Waals surface area contributed by atoms with Crippen LogP contribution in [0.1, 0.15) is 18.7 Å². The molecule has 1 heterocycles. The number of ketones is 1. The van der Waals surface area contributed by atoms with E-state index < -0.39 is 0 Å². The van der Waals surface area contributed by atoms with Gasteiger partial charge in [0, 0.05) is 27.1 Å². The molecule has 0 N–H and O–H groups in total. The Balaban J connectivity index is 2.58. The van der Waals surface area contributed by atoms with E-state index in [1.807, 2.05) is 25.3 Å². The van der Waals surface area contributed by atoms with Gasteiger partial charge < -0.3 is 0 Å². The summed E-state index contributed by atoms with van der Waals surface area (Å²) in [6, 6.07) is 2.00. The van der Waals surface area contributed by atoms with Crippen molar-refractivity contribution in [3.63, 3.8) is 0 Å². The van der Waals surface area contributed by atoms with E-state index in [0.29, 0.717) is 12.2 Å². The minimum Gasteiger partial charge on any atom is -0.299 e. The third-order valence-corrected chi connectivity index (χ3v) is 3.31. The normalized spacial score (nSPS) is 10.7. The van der Waals surface area contributed by atoms with E-state index >= 15 is 0 Å². The molecule has 0 atom stereocenters. The molecule has 0 aliphatic carbocycles. The minimum absolute atomic E-state index is 0.144. The van der Waals surface area contributed by atoms with Crippen LogP contribution in [0.15, 0.2) is 15.9 Å². The second-order valence-electron chi connectivity index (χ2n) is 3.03. The van der Waals surface area contributed by atoms with Crippen LogP contribution in [0.3, 0.4) is 0 Å². The maximum atomic E-state index is 11.3. The van der Waals surface area contributed by atoms with Crippen LogP contribution in [0.25, 0.3) is 0 Å². The van der Waals surface area contributed by atoms with E-state index in [0.717, 1.165) is 9.35 Å². The summed E-state index contributed by atoms with van der Waals surface area (Å²) in [5.74, 6) is 0.454. The molecule has 0 fully saturated rings. The lowest BCUT2D eigenvalue weighted by atomic mass is 10.1. The summed E-state index contributed by atoms with van der Waals surface area (Å²) >= 11 is 4.99. The van der Waals surface area contributed by atoms with Crippen LogP contribution in [0, 0.1) is 5.92 Å². The van der Waals surface area contributed by atoms with E-state index in [1.165, 1.54) is 0 Å². The van der Waals surface area contributed by atoms with Crippen LogP contribution in [0.5, 0.6) is 0 Å². The Kier molecular flexibility index (Phi) is 3.47. The largest absolute Gasteiger partial charge is 0.299 e. The third kappa shape index (κ3) is 2.72. The summed E-state index contributed by atoms with van der Waals surface area (Å²) < 4.78 is 1.07. The molecule has 0 aliphatic heterocycles. The Labute approximate surface area is 84.9 Å². The average Bonchev–Trinajstić information content (AvgIpc) is 2.35. The first kappa shape index (κ1) is 9.93. The van der Waals surface area contributed by atoms with Gasteiger partial charge in [0.25, 0.3) is 0 Å². The van der Waals surface area contributed by atoms with Gasteiger partial charge in [0.2, 0.25) is 0 Å². The molecule has 1 rings (SSSR count). The van der Waals surface area contributed by atoms with Crippen molar-refractivity contribution < 1.29 is 4.79 Å². The van der Waals surface area contributed by atoms with Crippen LogP contribution in [0.4, 0.5) is 0 Å². The molecule has 0 unspecified atom stereocenters. The van der Waals surface area contributed by atoms with Gasteiger partial charge in [0.1, 0.15) is 5.78 Å². The Bertz CT molecular complexity index is 278. The highest BCUT2D eigenvalue weighted by Gasteiger charge is 2.09. The van der Waals surface area contributed by atoms with Crippen molar-refractivity contribution in [1.82, 2.24) is 0 Å². The van der Waals surface area contributed by atoms with Crippen LogP contribution in [-0.4, -0.2) is 5.78 Å². The molecular weight excluding hydrogens is 236 g/mol. The van der Waals surface area contributed by atoms with E-state index in [2.05, 4.69) is 15.9 Å². The maximum Gasteiger partial charge on any atom is 0.140 e. The fraction of sp³-hybridized carbons (Fsp3) is 0.444. The molecule has 0 aromatic carbocycles. The summed E-state index contributed by atoms with van der Waals surface area (Å²) in [7, 11) is 0. The summed E-state index contributed by atoms with van der Waals surface area (Å²) in [6.45, 7) is 3.87. The molecule has 1 nitrogen and oxygen atoms in total. The topological polar surface area (TPSA) is 17.1 Å². The second kappa shape index (κ2) is 4.19. The van der Waals surface area contributed by atoms with E-state index in [4.69, 9.17) is 0 Å². The Morgan fingerprint density at radius 1 is 1.67 bits per heavy atom. The third-order valence-electron chi connectivity index (χ3n) is 1.61. The first-order valence-electron chi connectivity index (χ1n) is 3.85. The van der Waals surface area contributed by atoms with Crippen LogP contribution in [-0.2, 0) is 11.2 Å². The van der Waals surface area contributed by atoms with Gasteiger partial charge in [-0.3, -0.25) is 4.79 Å². The smallest absolute Gasteiger partial charge is 0.140 e. The lowest BCUT2D eigenvalue weighted by Crippen LogP contribution is -2.08. The number of hydrogen-bond donors (Lipinski definition) is 0. The molecule has 3 heteroatoms. The highest BCUT2D eigenvalue weighted by molar-refractivity contribution is 9.10. The fourth-order valence-electron chi connectivity index (χ4n) is 0.822. The van der Waals surface area contributed by atoms with Gasteiger partial charge in [-0.2, -0.15) is 0 Å². The van der Waals surface area contributed by atoms with Crippen molar-refractivity contribution in [2.24, 2.45) is 5.92 Å². The van der Waals surface area contributed by atoms with E-state index in [9.17, 15) is 4.79 Å². The number of hydrogen-bond acceptors (Lipinski definition) is 2. The Hall–Kier alpha value is -0.150. The first-order chi connectivity index (χ1) is 5.59. The van der Waals surface area contributed by atoms with Crippen molar-refractivity contribution >= 4 is 33.0 Å². The summed E-state index contributed by atoms with van der Waals surface area (Å²) in [6.07, 6.45) is 0.577. The summed E-state index contributed by atoms with van der Waals surface area (Å²) in [4.78, 5) is 12.5. The standard InChI is InChI=1S/C9H11BrOS/c1-6(2)9(11)4-8-3-7(10)5-12-8/h3,5-6H,4H2,1-2H3.